The lowest BCUT2D eigenvalue weighted by Crippen LogP contribution is -2.35. The summed E-state index contributed by atoms with van der Waals surface area (Å²) in [5.41, 5.74) is -0.127. The molecule has 20 heavy (non-hydrogen) atoms. The van der Waals surface area contributed by atoms with Gasteiger partial charge in [0.15, 0.2) is 0 Å². The Morgan fingerprint density at radius 2 is 1.75 bits per heavy atom. The van der Waals surface area contributed by atoms with Gasteiger partial charge >= 0.3 is 0 Å². The summed E-state index contributed by atoms with van der Waals surface area (Å²) in [5, 5.41) is 5.17. The zero-order chi connectivity index (χ0) is 15.8. The van der Waals surface area contributed by atoms with Gasteiger partial charge in [-0.1, -0.05) is 53.9 Å². The molecule has 0 aliphatic carbocycles. The van der Waals surface area contributed by atoms with Crippen molar-refractivity contribution in [3.05, 3.63) is 0 Å². The van der Waals surface area contributed by atoms with Crippen LogP contribution < -0.4 is 5.14 Å². The van der Waals surface area contributed by atoms with Gasteiger partial charge in [-0.3, -0.25) is 0 Å². The Morgan fingerprint density at radius 1 is 1.15 bits per heavy atom. The normalized spacial score (nSPS) is 16.1. The molecule has 0 rings (SSSR count). The Hall–Kier alpha value is -0.130. The standard InChI is InChI=1S/C15H33NO3S/c1-6-8-9-13(7-2)10-19-11-14(15(3,4)5)12-20(16,17)18/h13-14H,6-12H2,1-5H3,(H2,16,17,18). The molecule has 0 aromatic rings. The van der Waals surface area contributed by atoms with Crippen molar-refractivity contribution < 1.29 is 13.2 Å². The highest BCUT2D eigenvalue weighted by Crippen LogP contribution is 2.27. The smallest absolute Gasteiger partial charge is 0.209 e. The predicted octanol–water partition coefficient (Wildman–Crippen LogP) is 3.17. The second-order valence-corrected chi connectivity index (χ2v) is 8.51. The lowest BCUT2D eigenvalue weighted by Gasteiger charge is -2.30. The maximum atomic E-state index is 11.3. The average Bonchev–Trinajstić information content (AvgIpc) is 2.29. The summed E-state index contributed by atoms with van der Waals surface area (Å²) in [6, 6.07) is 0. The van der Waals surface area contributed by atoms with Gasteiger partial charge in [0.25, 0.3) is 0 Å². The summed E-state index contributed by atoms with van der Waals surface area (Å²) >= 11 is 0. The van der Waals surface area contributed by atoms with Gasteiger partial charge in [-0.05, 0) is 17.8 Å². The fourth-order valence-corrected chi connectivity index (χ4v) is 3.26. The van der Waals surface area contributed by atoms with Crippen LogP contribution in [0.5, 0.6) is 0 Å². The van der Waals surface area contributed by atoms with Crippen molar-refractivity contribution in [2.75, 3.05) is 19.0 Å². The van der Waals surface area contributed by atoms with E-state index in [1.807, 2.05) is 20.8 Å². The molecule has 0 aromatic carbocycles. The fourth-order valence-electron chi connectivity index (χ4n) is 2.10. The minimum atomic E-state index is -3.46. The fraction of sp³-hybridized carbons (Fsp3) is 1.00. The van der Waals surface area contributed by atoms with Crippen molar-refractivity contribution in [3.8, 4) is 0 Å². The second-order valence-electron chi connectivity index (χ2n) is 6.85. The van der Waals surface area contributed by atoms with Crippen molar-refractivity contribution in [2.45, 2.75) is 60.3 Å². The Kier molecular flexibility index (Phi) is 8.95. The van der Waals surface area contributed by atoms with Gasteiger partial charge in [0.1, 0.15) is 0 Å². The van der Waals surface area contributed by atoms with E-state index in [2.05, 4.69) is 13.8 Å². The van der Waals surface area contributed by atoms with Gasteiger partial charge in [0.05, 0.1) is 12.4 Å². The van der Waals surface area contributed by atoms with Crippen LogP contribution in [0, 0.1) is 17.3 Å². The third kappa shape index (κ3) is 9.72. The topological polar surface area (TPSA) is 69.4 Å². The molecule has 0 amide bonds. The predicted molar refractivity (Wildman–Crippen MR) is 85.0 cm³/mol. The first-order valence-corrected chi connectivity index (χ1v) is 9.39. The van der Waals surface area contributed by atoms with Crippen LogP contribution in [-0.4, -0.2) is 27.4 Å². The maximum Gasteiger partial charge on any atom is 0.209 e. The Balaban J connectivity index is 4.33. The monoisotopic (exact) mass is 307 g/mol. The van der Waals surface area contributed by atoms with Crippen LogP contribution in [-0.2, 0) is 14.8 Å². The quantitative estimate of drug-likeness (QED) is 0.674. The van der Waals surface area contributed by atoms with Crippen molar-refractivity contribution in [3.63, 3.8) is 0 Å². The number of ether oxygens (including phenoxy) is 1. The van der Waals surface area contributed by atoms with E-state index in [-0.39, 0.29) is 17.1 Å². The van der Waals surface area contributed by atoms with E-state index in [1.165, 1.54) is 19.3 Å². The van der Waals surface area contributed by atoms with Gasteiger partial charge in [0, 0.05) is 12.5 Å². The molecule has 0 aliphatic heterocycles. The number of hydrogen-bond donors (Lipinski definition) is 1. The molecule has 2 unspecified atom stereocenters. The summed E-state index contributed by atoms with van der Waals surface area (Å²) in [5.74, 6) is 0.494. The highest BCUT2D eigenvalue weighted by Gasteiger charge is 2.28. The van der Waals surface area contributed by atoms with E-state index in [0.717, 1.165) is 6.42 Å². The summed E-state index contributed by atoms with van der Waals surface area (Å²) in [4.78, 5) is 0. The van der Waals surface area contributed by atoms with Crippen LogP contribution in [0.15, 0.2) is 0 Å². The molecule has 0 spiro atoms. The number of hydrogen-bond acceptors (Lipinski definition) is 3. The van der Waals surface area contributed by atoms with Crippen LogP contribution >= 0.6 is 0 Å². The van der Waals surface area contributed by atoms with Crippen LogP contribution in [0.25, 0.3) is 0 Å². The third-order valence-electron chi connectivity index (χ3n) is 3.87. The van der Waals surface area contributed by atoms with Crippen molar-refractivity contribution in [2.24, 2.45) is 22.4 Å². The average molecular weight is 308 g/mol. The molecule has 2 atom stereocenters. The minimum Gasteiger partial charge on any atom is -0.381 e. The van der Waals surface area contributed by atoms with Gasteiger partial charge in [0.2, 0.25) is 10.0 Å². The van der Waals surface area contributed by atoms with Gasteiger partial charge in [-0.15, -0.1) is 0 Å². The molecule has 122 valence electrons. The molecule has 0 saturated heterocycles. The number of rotatable bonds is 10. The molecule has 2 N–H and O–H groups in total. The Labute approximate surface area is 125 Å². The second kappa shape index (κ2) is 9.00. The summed E-state index contributed by atoms with van der Waals surface area (Å²) in [6.45, 7) is 11.6. The number of nitrogens with two attached hydrogens (primary N) is 1. The van der Waals surface area contributed by atoms with E-state index in [1.54, 1.807) is 0 Å². The largest absolute Gasteiger partial charge is 0.381 e. The highest BCUT2D eigenvalue weighted by molar-refractivity contribution is 7.89. The summed E-state index contributed by atoms with van der Waals surface area (Å²) in [7, 11) is -3.46. The molecule has 0 bridgehead atoms. The molecular weight excluding hydrogens is 274 g/mol. The molecule has 0 saturated carbocycles. The summed E-state index contributed by atoms with van der Waals surface area (Å²) < 4.78 is 28.4. The molecular formula is C15H33NO3S. The van der Waals surface area contributed by atoms with E-state index < -0.39 is 10.0 Å². The van der Waals surface area contributed by atoms with Crippen molar-refractivity contribution >= 4 is 10.0 Å². The van der Waals surface area contributed by atoms with Crippen molar-refractivity contribution in [1.82, 2.24) is 0 Å². The molecule has 5 heteroatoms. The van der Waals surface area contributed by atoms with Gasteiger partial charge < -0.3 is 4.74 Å². The highest BCUT2D eigenvalue weighted by atomic mass is 32.2. The third-order valence-corrected chi connectivity index (χ3v) is 4.74. The first-order chi connectivity index (χ1) is 9.10. The Morgan fingerprint density at radius 3 is 2.15 bits per heavy atom. The van der Waals surface area contributed by atoms with Gasteiger partial charge in [-0.2, -0.15) is 0 Å². The lowest BCUT2D eigenvalue weighted by molar-refractivity contribution is 0.0414. The Bertz CT molecular complexity index is 347. The molecule has 0 radical (unpaired) electrons. The number of sulfonamides is 1. The lowest BCUT2D eigenvalue weighted by atomic mass is 9.82. The van der Waals surface area contributed by atoms with E-state index in [0.29, 0.717) is 19.1 Å². The molecule has 0 fully saturated rings. The van der Waals surface area contributed by atoms with Gasteiger partial charge in [-0.25, -0.2) is 13.6 Å². The molecule has 0 aliphatic rings. The molecule has 0 heterocycles. The maximum absolute atomic E-state index is 11.3. The zero-order valence-corrected chi connectivity index (χ0v) is 14.6. The van der Waals surface area contributed by atoms with Crippen LogP contribution in [0.4, 0.5) is 0 Å². The zero-order valence-electron chi connectivity index (χ0n) is 13.8. The summed E-state index contributed by atoms with van der Waals surface area (Å²) in [6.07, 6.45) is 4.71. The van der Waals surface area contributed by atoms with Crippen LogP contribution in [0.1, 0.15) is 60.3 Å². The van der Waals surface area contributed by atoms with E-state index in [4.69, 9.17) is 9.88 Å². The van der Waals surface area contributed by atoms with E-state index in [9.17, 15) is 8.42 Å². The molecule has 4 nitrogen and oxygen atoms in total. The molecule has 0 aromatic heterocycles. The van der Waals surface area contributed by atoms with Crippen LogP contribution in [0.3, 0.4) is 0 Å². The van der Waals surface area contributed by atoms with Crippen LogP contribution in [0.2, 0.25) is 0 Å². The van der Waals surface area contributed by atoms with Crippen molar-refractivity contribution in [1.29, 1.82) is 0 Å². The van der Waals surface area contributed by atoms with E-state index >= 15 is 0 Å². The first kappa shape index (κ1) is 19.9. The minimum absolute atomic E-state index is 0.0117. The first-order valence-electron chi connectivity index (χ1n) is 7.68. The number of unbranched alkanes of at least 4 members (excludes halogenated alkanes) is 1. The SMILES string of the molecule is CCCCC(CC)COCC(CS(N)(=O)=O)C(C)(C)C. The number of primary sulfonamides is 1.